The van der Waals surface area contributed by atoms with Crippen molar-refractivity contribution in [3.8, 4) is 11.5 Å². The number of thiocarbonyl (C=S) groups is 1. The lowest BCUT2D eigenvalue weighted by Gasteiger charge is -2.13. The van der Waals surface area contributed by atoms with Gasteiger partial charge in [-0.3, -0.25) is 4.68 Å². The van der Waals surface area contributed by atoms with Gasteiger partial charge in [-0.25, -0.2) is 17.6 Å². The van der Waals surface area contributed by atoms with Crippen LogP contribution in [0.25, 0.3) is 0 Å². The molecule has 34 heavy (non-hydrogen) atoms. The summed E-state index contributed by atoms with van der Waals surface area (Å²) in [7, 11) is 0. The minimum Gasteiger partial charge on any atom is -0.490 e. The number of nitrogens with one attached hydrogen (secondary N) is 2. The summed E-state index contributed by atoms with van der Waals surface area (Å²) in [6.45, 7) is 4.99. The SMILES string of the molecule is CCOc1ccc(CCNC(=S)Nc2cnn(Cc3c(F)cc(F)c(F)c3F)c2)cc1OCC. The highest BCUT2D eigenvalue weighted by molar-refractivity contribution is 7.80. The third kappa shape index (κ3) is 6.37. The van der Waals surface area contributed by atoms with E-state index in [0.717, 1.165) is 5.56 Å². The van der Waals surface area contributed by atoms with Gasteiger partial charge in [-0.1, -0.05) is 6.07 Å². The second kappa shape index (κ2) is 11.7. The summed E-state index contributed by atoms with van der Waals surface area (Å²) in [4.78, 5) is 0. The van der Waals surface area contributed by atoms with E-state index < -0.39 is 35.4 Å². The molecule has 0 fully saturated rings. The number of rotatable bonds is 10. The van der Waals surface area contributed by atoms with Gasteiger partial charge in [0.2, 0.25) is 0 Å². The molecule has 3 rings (SSSR count). The number of nitrogens with zero attached hydrogens (tertiary/aromatic N) is 2. The highest BCUT2D eigenvalue weighted by atomic mass is 32.1. The van der Waals surface area contributed by atoms with Gasteiger partial charge in [0, 0.05) is 24.4 Å². The Hall–Kier alpha value is -3.34. The monoisotopic (exact) mass is 496 g/mol. The molecule has 11 heteroatoms. The molecule has 0 unspecified atom stereocenters. The highest BCUT2D eigenvalue weighted by Crippen LogP contribution is 2.28. The molecule has 1 aromatic heterocycles. The van der Waals surface area contributed by atoms with Gasteiger partial charge in [0.05, 0.1) is 31.6 Å². The van der Waals surface area contributed by atoms with Crippen LogP contribution in [0.4, 0.5) is 23.2 Å². The van der Waals surface area contributed by atoms with Crippen LogP contribution in [0.3, 0.4) is 0 Å². The summed E-state index contributed by atoms with van der Waals surface area (Å²) < 4.78 is 66.6. The van der Waals surface area contributed by atoms with Crippen LogP contribution >= 0.6 is 12.2 Å². The van der Waals surface area contributed by atoms with Crippen LogP contribution in [0.15, 0.2) is 36.7 Å². The molecule has 0 spiro atoms. The van der Waals surface area contributed by atoms with Gasteiger partial charge in [-0.05, 0) is 50.2 Å². The summed E-state index contributed by atoms with van der Waals surface area (Å²) in [5.74, 6) is -4.71. The molecule has 0 amide bonds. The lowest BCUT2D eigenvalue weighted by atomic mass is 10.1. The van der Waals surface area contributed by atoms with Gasteiger partial charge in [0.15, 0.2) is 34.1 Å². The molecule has 3 aromatic rings. The molecular formula is C23H24F4N4O2S. The van der Waals surface area contributed by atoms with Crippen molar-refractivity contribution in [3.63, 3.8) is 0 Å². The molecule has 1 heterocycles. The Bertz CT molecular complexity index is 1160. The number of hydrogen-bond donors (Lipinski definition) is 2. The van der Waals surface area contributed by atoms with E-state index in [1.807, 2.05) is 32.0 Å². The van der Waals surface area contributed by atoms with Gasteiger partial charge in [0.25, 0.3) is 0 Å². The average molecular weight is 497 g/mol. The Morgan fingerprint density at radius 2 is 1.74 bits per heavy atom. The Kier molecular flexibility index (Phi) is 8.69. The van der Waals surface area contributed by atoms with Gasteiger partial charge in [0.1, 0.15) is 5.82 Å². The molecule has 0 aliphatic rings. The number of anilines is 1. The summed E-state index contributed by atoms with van der Waals surface area (Å²) in [5.41, 5.74) is 0.863. The Morgan fingerprint density at radius 1 is 1.00 bits per heavy atom. The highest BCUT2D eigenvalue weighted by Gasteiger charge is 2.19. The van der Waals surface area contributed by atoms with E-state index in [9.17, 15) is 17.6 Å². The first-order valence-corrected chi connectivity index (χ1v) is 11.0. The number of aromatic nitrogens is 2. The maximum atomic E-state index is 13.9. The third-order valence-corrected chi connectivity index (χ3v) is 4.97. The molecule has 0 atom stereocenters. The van der Waals surface area contributed by atoms with Crippen LogP contribution in [0.5, 0.6) is 11.5 Å². The molecule has 2 N–H and O–H groups in total. The van der Waals surface area contributed by atoms with Gasteiger partial charge in [-0.2, -0.15) is 5.10 Å². The van der Waals surface area contributed by atoms with Crippen molar-refractivity contribution in [1.29, 1.82) is 0 Å². The smallest absolute Gasteiger partial charge is 0.194 e. The molecule has 182 valence electrons. The van der Waals surface area contributed by atoms with Crippen molar-refractivity contribution in [2.24, 2.45) is 0 Å². The van der Waals surface area contributed by atoms with E-state index in [1.165, 1.54) is 17.1 Å². The largest absolute Gasteiger partial charge is 0.490 e. The maximum Gasteiger partial charge on any atom is 0.194 e. The van der Waals surface area contributed by atoms with Crippen molar-refractivity contribution < 1.29 is 27.0 Å². The van der Waals surface area contributed by atoms with Crippen molar-refractivity contribution >= 4 is 23.0 Å². The fraction of sp³-hybridized carbons (Fsp3) is 0.304. The Balaban J connectivity index is 1.53. The quantitative estimate of drug-likeness (QED) is 0.182. The maximum absolute atomic E-state index is 13.9. The molecule has 0 aliphatic carbocycles. The third-order valence-electron chi connectivity index (χ3n) is 4.73. The molecule has 2 aromatic carbocycles. The van der Waals surface area contributed by atoms with Crippen LogP contribution in [0.1, 0.15) is 25.0 Å². The average Bonchev–Trinajstić information content (AvgIpc) is 3.24. The van der Waals surface area contributed by atoms with E-state index in [1.54, 1.807) is 0 Å². The summed E-state index contributed by atoms with van der Waals surface area (Å²) in [6.07, 6.45) is 3.50. The predicted molar refractivity (Wildman–Crippen MR) is 124 cm³/mol. The van der Waals surface area contributed by atoms with Crippen LogP contribution in [0, 0.1) is 23.3 Å². The standard InChI is InChI=1S/C23H24F4N4O2S/c1-3-32-19-6-5-14(9-20(19)33-4-2)7-8-28-23(34)30-15-11-29-31(12-15)13-16-17(24)10-18(25)22(27)21(16)26/h5-6,9-12H,3-4,7-8,13H2,1-2H3,(H2,28,30,34). The van der Waals surface area contributed by atoms with Crippen LogP contribution in [0.2, 0.25) is 0 Å². The Morgan fingerprint density at radius 3 is 2.47 bits per heavy atom. The van der Waals surface area contributed by atoms with Crippen molar-refractivity contribution in [2.75, 3.05) is 25.1 Å². The van der Waals surface area contributed by atoms with Gasteiger partial charge in [-0.15, -0.1) is 0 Å². The predicted octanol–water partition coefficient (Wildman–Crippen LogP) is 4.81. The first-order chi connectivity index (χ1) is 16.3. The number of halogens is 4. The molecule has 6 nitrogen and oxygen atoms in total. The van der Waals surface area contributed by atoms with Crippen LogP contribution in [-0.4, -0.2) is 34.7 Å². The lowest BCUT2D eigenvalue weighted by molar-refractivity contribution is 0.287. The molecule has 0 radical (unpaired) electrons. The molecular weight excluding hydrogens is 472 g/mol. The zero-order valence-electron chi connectivity index (χ0n) is 18.6. The zero-order valence-corrected chi connectivity index (χ0v) is 19.4. The second-order valence-electron chi connectivity index (χ2n) is 7.15. The van der Waals surface area contributed by atoms with E-state index in [0.29, 0.717) is 54.5 Å². The molecule has 0 saturated carbocycles. The number of ether oxygens (including phenoxy) is 2. The molecule has 0 saturated heterocycles. The zero-order chi connectivity index (χ0) is 24.7. The second-order valence-corrected chi connectivity index (χ2v) is 7.56. The fourth-order valence-electron chi connectivity index (χ4n) is 3.17. The van der Waals surface area contributed by atoms with E-state index in [-0.39, 0.29) is 0 Å². The summed E-state index contributed by atoms with van der Waals surface area (Å²) >= 11 is 5.27. The van der Waals surface area contributed by atoms with Crippen molar-refractivity contribution in [2.45, 2.75) is 26.8 Å². The Labute approximate surface area is 199 Å². The molecule has 0 aliphatic heterocycles. The van der Waals surface area contributed by atoms with E-state index >= 15 is 0 Å². The van der Waals surface area contributed by atoms with E-state index in [4.69, 9.17) is 21.7 Å². The number of hydrogen-bond acceptors (Lipinski definition) is 4. The number of benzene rings is 2. The fourth-order valence-corrected chi connectivity index (χ4v) is 3.39. The summed E-state index contributed by atoms with van der Waals surface area (Å²) in [5, 5.41) is 10.3. The molecule has 0 bridgehead atoms. The topological polar surface area (TPSA) is 60.3 Å². The minimum atomic E-state index is -1.73. The first kappa shape index (κ1) is 25.3. The van der Waals surface area contributed by atoms with Gasteiger partial charge < -0.3 is 20.1 Å². The summed E-state index contributed by atoms with van der Waals surface area (Å²) in [6, 6.07) is 6.05. The van der Waals surface area contributed by atoms with Crippen molar-refractivity contribution in [1.82, 2.24) is 15.1 Å². The lowest BCUT2D eigenvalue weighted by Crippen LogP contribution is -2.30. The van der Waals surface area contributed by atoms with Crippen LogP contribution < -0.4 is 20.1 Å². The van der Waals surface area contributed by atoms with Crippen LogP contribution in [-0.2, 0) is 13.0 Å². The minimum absolute atomic E-state index is 0.303. The normalized spacial score (nSPS) is 10.8. The van der Waals surface area contributed by atoms with E-state index in [2.05, 4.69) is 15.7 Å². The van der Waals surface area contributed by atoms with Gasteiger partial charge >= 0.3 is 0 Å². The first-order valence-electron chi connectivity index (χ1n) is 10.6. The van der Waals surface area contributed by atoms with Crippen molar-refractivity contribution in [3.05, 3.63) is 71.1 Å².